The summed E-state index contributed by atoms with van der Waals surface area (Å²) in [4.78, 5) is 4.71. The lowest BCUT2D eigenvalue weighted by atomic mass is 9.89. The molecule has 4 heteroatoms. The molecular weight excluding hydrogens is 244 g/mol. The highest BCUT2D eigenvalue weighted by Gasteiger charge is 2.36. The highest BCUT2D eigenvalue weighted by Crippen LogP contribution is 2.43. The minimum Gasteiger partial charge on any atom is -0.380 e. The highest BCUT2D eigenvalue weighted by molar-refractivity contribution is 8.13. The van der Waals surface area contributed by atoms with Gasteiger partial charge in [0.05, 0.1) is 6.61 Å². The maximum absolute atomic E-state index is 5.53. The maximum atomic E-state index is 5.53. The molecule has 1 saturated carbocycles. The Morgan fingerprint density at radius 2 is 2.17 bits per heavy atom. The summed E-state index contributed by atoms with van der Waals surface area (Å²) in [5, 5.41) is 4.52. The first-order valence-electron chi connectivity index (χ1n) is 7.33. The quantitative estimate of drug-likeness (QED) is 0.753. The van der Waals surface area contributed by atoms with Crippen molar-refractivity contribution in [2.45, 2.75) is 45.4 Å². The first-order valence-corrected chi connectivity index (χ1v) is 8.32. The van der Waals surface area contributed by atoms with Gasteiger partial charge in [0.15, 0.2) is 5.17 Å². The molecule has 1 aliphatic carbocycles. The summed E-state index contributed by atoms with van der Waals surface area (Å²) in [6.45, 7) is 5.81. The van der Waals surface area contributed by atoms with Gasteiger partial charge in [0.2, 0.25) is 0 Å². The van der Waals surface area contributed by atoms with Gasteiger partial charge in [0.25, 0.3) is 0 Å². The van der Waals surface area contributed by atoms with Crippen LogP contribution >= 0.6 is 11.8 Å². The van der Waals surface area contributed by atoms with Crippen molar-refractivity contribution < 1.29 is 4.74 Å². The van der Waals surface area contributed by atoms with Crippen LogP contribution in [0.5, 0.6) is 0 Å². The van der Waals surface area contributed by atoms with Crippen LogP contribution in [-0.2, 0) is 4.74 Å². The van der Waals surface area contributed by atoms with Crippen LogP contribution in [0, 0.1) is 5.41 Å². The molecule has 18 heavy (non-hydrogen) atoms. The molecule has 1 spiro atoms. The minimum atomic E-state index is 0.549. The molecule has 0 unspecified atom stereocenters. The van der Waals surface area contributed by atoms with E-state index in [-0.39, 0.29) is 0 Å². The number of nitrogens with zero attached hydrogens (tertiary/aromatic N) is 1. The number of unbranched alkanes of at least 4 members (excludes halogenated alkanes) is 1. The highest BCUT2D eigenvalue weighted by atomic mass is 32.2. The summed E-state index contributed by atoms with van der Waals surface area (Å²) >= 11 is 1.91. The second kappa shape index (κ2) is 7.39. The van der Waals surface area contributed by atoms with Gasteiger partial charge in [0, 0.05) is 25.4 Å². The predicted molar refractivity (Wildman–Crippen MR) is 79.4 cm³/mol. The molecule has 3 nitrogen and oxygen atoms in total. The molecular formula is C14H26N2OS. The number of aliphatic imine (C=N–C) groups is 1. The first-order chi connectivity index (χ1) is 8.85. The van der Waals surface area contributed by atoms with Crippen molar-refractivity contribution in [2.75, 3.05) is 32.1 Å². The third-order valence-electron chi connectivity index (χ3n) is 3.90. The van der Waals surface area contributed by atoms with Gasteiger partial charge in [-0.05, 0) is 24.7 Å². The van der Waals surface area contributed by atoms with Gasteiger partial charge >= 0.3 is 0 Å². The van der Waals surface area contributed by atoms with Crippen LogP contribution in [0.25, 0.3) is 0 Å². The van der Waals surface area contributed by atoms with E-state index in [9.17, 15) is 0 Å². The predicted octanol–water partition coefficient (Wildman–Crippen LogP) is 3.06. The van der Waals surface area contributed by atoms with Crippen molar-refractivity contribution in [3.05, 3.63) is 0 Å². The van der Waals surface area contributed by atoms with Crippen molar-refractivity contribution in [2.24, 2.45) is 10.4 Å². The number of amidine groups is 1. The summed E-state index contributed by atoms with van der Waals surface area (Å²) in [6, 6.07) is 0. The van der Waals surface area contributed by atoms with E-state index in [2.05, 4.69) is 12.2 Å². The summed E-state index contributed by atoms with van der Waals surface area (Å²) in [6.07, 6.45) is 7.96. The number of hydrogen-bond acceptors (Lipinski definition) is 4. The van der Waals surface area contributed by atoms with E-state index in [0.29, 0.717) is 5.41 Å². The standard InChI is InChI=1S/C14H26N2OS/c1-2-3-9-17-10-8-15-13-16-11-14(12-18-13)6-4-5-7-14/h2-12H2,1H3,(H,15,16). The van der Waals surface area contributed by atoms with E-state index in [4.69, 9.17) is 9.73 Å². The lowest BCUT2D eigenvalue weighted by molar-refractivity contribution is 0.136. The molecule has 1 N–H and O–H groups in total. The Morgan fingerprint density at radius 1 is 1.33 bits per heavy atom. The van der Waals surface area contributed by atoms with Crippen LogP contribution in [0.1, 0.15) is 45.4 Å². The monoisotopic (exact) mass is 270 g/mol. The Bertz CT molecular complexity index is 275. The van der Waals surface area contributed by atoms with Gasteiger partial charge < -0.3 is 10.1 Å². The summed E-state index contributed by atoms with van der Waals surface area (Å²) in [5.41, 5.74) is 0.549. The largest absolute Gasteiger partial charge is 0.380 e. The van der Waals surface area contributed by atoms with Crippen LogP contribution < -0.4 is 5.32 Å². The van der Waals surface area contributed by atoms with Gasteiger partial charge in [-0.25, -0.2) is 0 Å². The van der Waals surface area contributed by atoms with Crippen LogP contribution in [0.3, 0.4) is 0 Å². The van der Waals surface area contributed by atoms with Crippen LogP contribution in [0.15, 0.2) is 4.99 Å². The second-order valence-electron chi connectivity index (χ2n) is 5.51. The molecule has 0 bridgehead atoms. The number of nitrogens with one attached hydrogen (secondary N) is 1. The lowest BCUT2D eigenvalue weighted by Gasteiger charge is -2.31. The molecule has 0 aromatic rings. The zero-order valence-corrected chi connectivity index (χ0v) is 12.4. The van der Waals surface area contributed by atoms with Crippen LogP contribution in [-0.4, -0.2) is 37.2 Å². The molecule has 1 heterocycles. The molecule has 0 amide bonds. The third kappa shape index (κ3) is 4.16. The Hall–Kier alpha value is -0.220. The number of ether oxygens (including phenoxy) is 1. The van der Waals surface area contributed by atoms with E-state index >= 15 is 0 Å². The molecule has 0 radical (unpaired) electrons. The van der Waals surface area contributed by atoms with E-state index < -0.39 is 0 Å². The van der Waals surface area contributed by atoms with Gasteiger partial charge in [-0.15, -0.1) is 0 Å². The molecule has 0 saturated heterocycles. The smallest absolute Gasteiger partial charge is 0.156 e. The van der Waals surface area contributed by atoms with E-state index in [0.717, 1.165) is 37.9 Å². The van der Waals surface area contributed by atoms with Crippen molar-refractivity contribution in [3.8, 4) is 0 Å². The molecule has 1 aliphatic heterocycles. The van der Waals surface area contributed by atoms with Crippen molar-refractivity contribution >= 4 is 16.9 Å². The summed E-state index contributed by atoms with van der Waals surface area (Å²) < 4.78 is 5.53. The average molecular weight is 270 g/mol. The Labute approximate surface area is 115 Å². The minimum absolute atomic E-state index is 0.549. The molecule has 0 aromatic carbocycles. The molecule has 2 aliphatic rings. The van der Waals surface area contributed by atoms with E-state index in [1.165, 1.54) is 37.9 Å². The fraction of sp³-hybridized carbons (Fsp3) is 0.929. The molecule has 104 valence electrons. The fourth-order valence-electron chi connectivity index (χ4n) is 2.67. The molecule has 0 aromatic heterocycles. The first kappa shape index (κ1) is 14.2. The average Bonchev–Trinajstić information content (AvgIpc) is 2.85. The van der Waals surface area contributed by atoms with Crippen LogP contribution in [0.4, 0.5) is 0 Å². The lowest BCUT2D eigenvalue weighted by Crippen LogP contribution is -2.34. The fourth-order valence-corrected chi connectivity index (χ4v) is 3.85. The Morgan fingerprint density at radius 3 is 2.83 bits per heavy atom. The second-order valence-corrected chi connectivity index (χ2v) is 6.47. The van der Waals surface area contributed by atoms with Crippen LogP contribution in [0.2, 0.25) is 0 Å². The maximum Gasteiger partial charge on any atom is 0.156 e. The molecule has 2 rings (SSSR count). The summed E-state index contributed by atoms with van der Waals surface area (Å²) in [5.74, 6) is 1.26. The topological polar surface area (TPSA) is 33.6 Å². The van der Waals surface area contributed by atoms with Crippen molar-refractivity contribution in [1.82, 2.24) is 5.32 Å². The zero-order chi connectivity index (χ0) is 12.7. The van der Waals surface area contributed by atoms with E-state index in [1.54, 1.807) is 0 Å². The van der Waals surface area contributed by atoms with Crippen molar-refractivity contribution in [1.29, 1.82) is 0 Å². The van der Waals surface area contributed by atoms with Gasteiger partial charge in [0.1, 0.15) is 0 Å². The number of thioether (sulfide) groups is 1. The zero-order valence-electron chi connectivity index (χ0n) is 11.5. The van der Waals surface area contributed by atoms with E-state index in [1.807, 2.05) is 11.8 Å². The SMILES string of the molecule is CCCCOCCNC1=NCC2(CCCC2)CS1. The molecule has 1 fully saturated rings. The van der Waals surface area contributed by atoms with Crippen molar-refractivity contribution in [3.63, 3.8) is 0 Å². The third-order valence-corrected chi connectivity index (χ3v) is 5.21. The molecule has 0 atom stereocenters. The Kier molecular flexibility index (Phi) is 5.83. The summed E-state index contributed by atoms with van der Waals surface area (Å²) in [7, 11) is 0. The number of hydrogen-bond donors (Lipinski definition) is 1. The van der Waals surface area contributed by atoms with Gasteiger partial charge in [-0.1, -0.05) is 37.9 Å². The van der Waals surface area contributed by atoms with Gasteiger partial charge in [-0.2, -0.15) is 0 Å². The Balaban J connectivity index is 1.58. The normalized spacial score (nSPS) is 22.2. The number of rotatable bonds is 6. The van der Waals surface area contributed by atoms with Gasteiger partial charge in [-0.3, -0.25) is 4.99 Å².